The average molecular weight is 423 g/mol. The van der Waals surface area contributed by atoms with Gasteiger partial charge in [0.15, 0.2) is 5.92 Å². The molecule has 2 atom stereocenters. The van der Waals surface area contributed by atoms with E-state index in [9.17, 15) is 14.4 Å². The Balaban J connectivity index is 2.17. The number of rotatable bonds is 3. The fraction of sp³-hybridized carbons (Fsp3) is 0.391. The zero-order valence-electron chi connectivity index (χ0n) is 18.2. The molecule has 1 N–H and O–H groups in total. The van der Waals surface area contributed by atoms with Gasteiger partial charge in [0, 0.05) is 31.0 Å². The number of fused-ring (bicyclic) bond motifs is 4. The summed E-state index contributed by atoms with van der Waals surface area (Å²) in [4.78, 5) is 42.3. The van der Waals surface area contributed by atoms with Crippen LogP contribution in [0.5, 0.6) is 5.75 Å². The second-order valence-electron chi connectivity index (χ2n) is 8.45. The molecule has 2 aliphatic rings. The molecule has 1 amide bonds. The first-order valence-corrected chi connectivity index (χ1v) is 10.1. The first-order valence-electron chi connectivity index (χ1n) is 10.1. The van der Waals surface area contributed by atoms with Gasteiger partial charge in [0.2, 0.25) is 11.8 Å². The minimum atomic E-state index is -1.73. The molecule has 2 aromatic rings. The van der Waals surface area contributed by atoms with Crippen molar-refractivity contribution in [1.82, 2.24) is 4.57 Å². The third kappa shape index (κ3) is 2.67. The SMILES string of the molecule is COC(=O)C1C(=N)Oc2cc(C)n(C)c(=O)c2C12C(=O)N(CC(C)C)c1ccccc12. The molecule has 4 rings (SSSR count). The standard InChI is InChI=1S/C23H25N3O5/c1-12(2)11-26-15-9-7-6-8-14(15)23(22(26)29)17-16(10-13(3)25(4)20(17)27)31-19(24)18(23)21(28)30-5/h6-10,12,18,24H,11H2,1-5H3. The summed E-state index contributed by atoms with van der Waals surface area (Å²) >= 11 is 0. The molecule has 1 aromatic carbocycles. The number of hydrogen-bond donors (Lipinski definition) is 1. The number of pyridine rings is 1. The van der Waals surface area contributed by atoms with E-state index in [0.717, 1.165) is 0 Å². The minimum absolute atomic E-state index is 0.0655. The van der Waals surface area contributed by atoms with E-state index in [1.54, 1.807) is 43.1 Å². The highest BCUT2D eigenvalue weighted by Gasteiger charge is 2.65. The fourth-order valence-electron chi connectivity index (χ4n) is 4.70. The summed E-state index contributed by atoms with van der Waals surface area (Å²) in [5.74, 6) is -2.78. The van der Waals surface area contributed by atoms with Gasteiger partial charge in [-0.3, -0.25) is 19.8 Å². The first kappa shape index (κ1) is 20.8. The topological polar surface area (TPSA) is 102 Å². The van der Waals surface area contributed by atoms with E-state index in [4.69, 9.17) is 14.9 Å². The third-order valence-corrected chi connectivity index (χ3v) is 6.13. The summed E-state index contributed by atoms with van der Waals surface area (Å²) in [6, 6.07) is 8.74. The monoisotopic (exact) mass is 423 g/mol. The van der Waals surface area contributed by atoms with Crippen LogP contribution in [0.4, 0.5) is 5.69 Å². The van der Waals surface area contributed by atoms with Gasteiger partial charge < -0.3 is 18.9 Å². The summed E-state index contributed by atoms with van der Waals surface area (Å²) in [7, 11) is 2.80. The zero-order valence-corrected chi connectivity index (χ0v) is 18.2. The number of aryl methyl sites for hydroxylation is 1. The molecule has 0 bridgehead atoms. The number of hydrogen-bond acceptors (Lipinski definition) is 6. The van der Waals surface area contributed by atoms with Gasteiger partial charge >= 0.3 is 5.97 Å². The average Bonchev–Trinajstić information content (AvgIpc) is 2.95. The van der Waals surface area contributed by atoms with Crippen molar-refractivity contribution < 1.29 is 19.1 Å². The quantitative estimate of drug-likeness (QED) is 0.762. The number of anilines is 1. The number of carbonyl (C=O) groups excluding carboxylic acids is 2. The number of ether oxygens (including phenoxy) is 2. The summed E-state index contributed by atoms with van der Waals surface area (Å²) in [5, 5.41) is 8.53. The van der Waals surface area contributed by atoms with Gasteiger partial charge in [-0.2, -0.15) is 0 Å². The van der Waals surface area contributed by atoms with Gasteiger partial charge in [0.1, 0.15) is 11.2 Å². The van der Waals surface area contributed by atoms with Crippen molar-refractivity contribution in [2.75, 3.05) is 18.6 Å². The van der Waals surface area contributed by atoms with Crippen molar-refractivity contribution in [1.29, 1.82) is 5.41 Å². The number of para-hydroxylation sites is 1. The van der Waals surface area contributed by atoms with E-state index in [1.165, 1.54) is 11.7 Å². The van der Waals surface area contributed by atoms with Crippen molar-refractivity contribution in [3.63, 3.8) is 0 Å². The predicted molar refractivity (Wildman–Crippen MR) is 115 cm³/mol. The van der Waals surface area contributed by atoms with Crippen molar-refractivity contribution in [3.05, 3.63) is 57.5 Å². The molecule has 8 nitrogen and oxygen atoms in total. The van der Waals surface area contributed by atoms with Gasteiger partial charge in [-0.25, -0.2) is 0 Å². The molecule has 2 unspecified atom stereocenters. The van der Waals surface area contributed by atoms with E-state index < -0.39 is 34.7 Å². The number of nitrogens with zero attached hydrogens (tertiary/aromatic N) is 2. The second-order valence-corrected chi connectivity index (χ2v) is 8.45. The van der Waals surface area contributed by atoms with E-state index >= 15 is 0 Å². The van der Waals surface area contributed by atoms with Crippen LogP contribution in [0.25, 0.3) is 0 Å². The van der Waals surface area contributed by atoms with Crippen LogP contribution in [0, 0.1) is 24.2 Å². The Morgan fingerprint density at radius 3 is 2.61 bits per heavy atom. The van der Waals surface area contributed by atoms with Crippen molar-refractivity contribution >= 4 is 23.5 Å². The Labute approximate surface area is 179 Å². The normalized spacial score (nSPS) is 21.9. The van der Waals surface area contributed by atoms with Crippen LogP contribution < -0.4 is 15.2 Å². The molecule has 1 spiro atoms. The molecule has 2 aliphatic heterocycles. The Kier molecular flexibility index (Phi) is 4.76. The molecule has 31 heavy (non-hydrogen) atoms. The first-order chi connectivity index (χ1) is 14.7. The van der Waals surface area contributed by atoms with Crippen LogP contribution in [-0.4, -0.2) is 36.0 Å². The lowest BCUT2D eigenvalue weighted by atomic mass is 9.64. The molecule has 1 aromatic heterocycles. The van der Waals surface area contributed by atoms with Crippen LogP contribution in [-0.2, 0) is 26.8 Å². The number of benzene rings is 1. The van der Waals surface area contributed by atoms with Gasteiger partial charge in [-0.05, 0) is 24.5 Å². The largest absolute Gasteiger partial charge is 0.468 e. The highest BCUT2D eigenvalue weighted by Crippen LogP contribution is 2.54. The Morgan fingerprint density at radius 1 is 1.29 bits per heavy atom. The molecule has 0 fully saturated rings. The Bertz CT molecular complexity index is 1180. The molecule has 3 heterocycles. The maximum Gasteiger partial charge on any atom is 0.319 e. The van der Waals surface area contributed by atoms with Crippen molar-refractivity contribution in [2.24, 2.45) is 18.9 Å². The second kappa shape index (κ2) is 7.08. The van der Waals surface area contributed by atoms with E-state index in [1.807, 2.05) is 19.9 Å². The van der Waals surface area contributed by atoms with Gasteiger partial charge in [0.05, 0.1) is 12.7 Å². The van der Waals surface area contributed by atoms with Gasteiger partial charge in [0.25, 0.3) is 5.56 Å². The maximum atomic E-state index is 14.2. The lowest BCUT2D eigenvalue weighted by molar-refractivity contribution is -0.147. The molecule has 0 radical (unpaired) electrons. The fourth-order valence-corrected chi connectivity index (χ4v) is 4.70. The highest BCUT2D eigenvalue weighted by atomic mass is 16.5. The van der Waals surface area contributed by atoms with Crippen molar-refractivity contribution in [3.8, 4) is 5.75 Å². The number of methoxy groups -OCH3 is 1. The number of amides is 1. The smallest absolute Gasteiger partial charge is 0.319 e. The molecule has 8 heteroatoms. The molecular formula is C23H25N3O5. The lowest BCUT2D eigenvalue weighted by Crippen LogP contribution is -2.58. The number of aromatic nitrogens is 1. The maximum absolute atomic E-state index is 14.2. The van der Waals surface area contributed by atoms with Gasteiger partial charge in [-0.15, -0.1) is 0 Å². The van der Waals surface area contributed by atoms with Crippen molar-refractivity contribution in [2.45, 2.75) is 26.2 Å². The molecule has 0 saturated carbocycles. The van der Waals surface area contributed by atoms with Crippen LogP contribution in [0.2, 0.25) is 0 Å². The third-order valence-electron chi connectivity index (χ3n) is 6.13. The Morgan fingerprint density at radius 2 is 1.97 bits per heavy atom. The molecular weight excluding hydrogens is 398 g/mol. The van der Waals surface area contributed by atoms with Crippen LogP contribution in [0.15, 0.2) is 35.1 Å². The van der Waals surface area contributed by atoms with E-state index in [0.29, 0.717) is 23.5 Å². The van der Waals surface area contributed by atoms with E-state index in [2.05, 4.69) is 0 Å². The number of esters is 1. The Hall–Kier alpha value is -3.42. The zero-order chi connectivity index (χ0) is 22.7. The van der Waals surface area contributed by atoms with Crippen LogP contribution >= 0.6 is 0 Å². The molecule has 162 valence electrons. The predicted octanol–water partition coefficient (Wildman–Crippen LogP) is 2.14. The molecule has 0 aliphatic carbocycles. The minimum Gasteiger partial charge on any atom is -0.468 e. The lowest BCUT2D eigenvalue weighted by Gasteiger charge is -2.39. The summed E-state index contributed by atoms with van der Waals surface area (Å²) in [6.07, 6.45) is 0. The van der Waals surface area contributed by atoms with E-state index in [-0.39, 0.29) is 17.2 Å². The summed E-state index contributed by atoms with van der Waals surface area (Å²) in [5.41, 5.74) is -0.362. The molecule has 0 saturated heterocycles. The van der Waals surface area contributed by atoms with Gasteiger partial charge in [-0.1, -0.05) is 32.0 Å². The van der Waals surface area contributed by atoms with Crippen LogP contribution in [0.3, 0.4) is 0 Å². The van der Waals surface area contributed by atoms with Crippen LogP contribution in [0.1, 0.15) is 30.7 Å². The number of carbonyl (C=O) groups is 2. The summed E-state index contributed by atoms with van der Waals surface area (Å²) in [6.45, 7) is 6.12. The number of nitrogens with one attached hydrogen (secondary N) is 1. The summed E-state index contributed by atoms with van der Waals surface area (Å²) < 4.78 is 12.1. The highest BCUT2D eigenvalue weighted by molar-refractivity contribution is 6.18.